The van der Waals surface area contributed by atoms with Gasteiger partial charge in [0.05, 0.1) is 15.7 Å². The predicted molar refractivity (Wildman–Crippen MR) is 150 cm³/mol. The number of aromatic nitrogens is 1. The van der Waals surface area contributed by atoms with Gasteiger partial charge < -0.3 is 4.90 Å². The summed E-state index contributed by atoms with van der Waals surface area (Å²) in [5, 5.41) is 1.29. The van der Waals surface area contributed by atoms with Crippen molar-refractivity contribution in [3.63, 3.8) is 0 Å². The maximum absolute atomic E-state index is 2.42. The molecule has 0 fully saturated rings. The Morgan fingerprint density at radius 3 is 1.71 bits per heavy atom. The number of hydrogen-bond acceptors (Lipinski definition) is 2. The fraction of sp³-hybridized carbons (Fsp3) is 0. The van der Waals surface area contributed by atoms with Crippen LogP contribution in [0.15, 0.2) is 133 Å². The van der Waals surface area contributed by atoms with Gasteiger partial charge >= 0.3 is 0 Å². The first-order chi connectivity index (χ1) is 17.4. The van der Waals surface area contributed by atoms with E-state index in [1.54, 1.807) is 0 Å². The molecule has 0 bridgehead atoms. The van der Waals surface area contributed by atoms with Crippen molar-refractivity contribution >= 4 is 54.3 Å². The highest BCUT2D eigenvalue weighted by atomic mass is 32.1. The van der Waals surface area contributed by atoms with E-state index in [4.69, 9.17) is 0 Å². The lowest BCUT2D eigenvalue weighted by Gasteiger charge is -2.25. The summed E-state index contributed by atoms with van der Waals surface area (Å²) in [4.78, 5) is 3.60. The topological polar surface area (TPSA) is 7.65 Å². The standard InChI is InChI=1S/C32H22N2S/c1-3-11-24(12-4-1)33(25-13-5-2-6-14-25)26-21-19-23(20-22-26)31-27-15-7-8-16-28(27)34-29-17-9-10-18-30(29)35-32(31)34/h1-22H. The molecule has 35 heavy (non-hydrogen) atoms. The van der Waals surface area contributed by atoms with E-state index in [9.17, 15) is 0 Å². The molecule has 0 aliphatic heterocycles. The summed E-state index contributed by atoms with van der Waals surface area (Å²) < 4.78 is 3.73. The molecule has 7 aromatic rings. The summed E-state index contributed by atoms with van der Waals surface area (Å²) in [6, 6.07) is 47.5. The van der Waals surface area contributed by atoms with E-state index in [0.29, 0.717) is 0 Å². The maximum Gasteiger partial charge on any atom is 0.109 e. The molecule has 5 aromatic carbocycles. The second kappa shape index (κ2) is 8.15. The summed E-state index contributed by atoms with van der Waals surface area (Å²) in [5.74, 6) is 0. The van der Waals surface area contributed by atoms with Gasteiger partial charge in [0.25, 0.3) is 0 Å². The molecule has 0 N–H and O–H groups in total. The Hall–Kier alpha value is -4.34. The van der Waals surface area contributed by atoms with Gasteiger partial charge in [-0.3, -0.25) is 4.40 Å². The van der Waals surface area contributed by atoms with Crippen molar-refractivity contribution in [3.05, 3.63) is 133 Å². The molecule has 166 valence electrons. The second-order valence-corrected chi connectivity index (χ2v) is 9.69. The van der Waals surface area contributed by atoms with Crippen LogP contribution in [0.25, 0.3) is 37.1 Å². The van der Waals surface area contributed by atoms with Crippen molar-refractivity contribution in [3.8, 4) is 11.1 Å². The highest BCUT2D eigenvalue weighted by Gasteiger charge is 2.18. The van der Waals surface area contributed by atoms with Crippen molar-refractivity contribution < 1.29 is 0 Å². The van der Waals surface area contributed by atoms with Gasteiger partial charge in [0.1, 0.15) is 4.83 Å². The molecule has 0 atom stereocenters. The second-order valence-electron chi connectivity index (χ2n) is 8.66. The SMILES string of the molecule is c1ccc(N(c2ccccc2)c2ccc(-c3c4ccccc4n4c3sc3ccccc34)cc2)cc1. The molecule has 0 saturated heterocycles. The van der Waals surface area contributed by atoms with Crippen molar-refractivity contribution in [2.24, 2.45) is 0 Å². The number of benzene rings is 5. The van der Waals surface area contributed by atoms with Gasteiger partial charge in [-0.05, 0) is 60.2 Å². The van der Waals surface area contributed by atoms with Gasteiger partial charge in [-0.1, -0.05) is 78.9 Å². The third-order valence-electron chi connectivity index (χ3n) is 6.59. The molecule has 0 spiro atoms. The normalized spacial score (nSPS) is 11.4. The first-order valence-corrected chi connectivity index (χ1v) is 12.6. The van der Waals surface area contributed by atoms with E-state index >= 15 is 0 Å². The minimum absolute atomic E-state index is 1.14. The predicted octanol–water partition coefficient (Wildman–Crippen LogP) is 9.44. The Balaban J connectivity index is 1.41. The number of anilines is 3. The van der Waals surface area contributed by atoms with E-state index in [0.717, 1.165) is 17.1 Å². The van der Waals surface area contributed by atoms with Crippen LogP contribution in [0, 0.1) is 0 Å². The quantitative estimate of drug-likeness (QED) is 0.251. The Bertz CT molecular complexity index is 1740. The van der Waals surface area contributed by atoms with Crippen molar-refractivity contribution in [1.29, 1.82) is 0 Å². The van der Waals surface area contributed by atoms with Gasteiger partial charge in [-0.15, -0.1) is 11.3 Å². The molecule has 0 aliphatic rings. The lowest BCUT2D eigenvalue weighted by atomic mass is 10.0. The van der Waals surface area contributed by atoms with Crippen LogP contribution in [-0.4, -0.2) is 4.40 Å². The number of hydrogen-bond donors (Lipinski definition) is 0. The van der Waals surface area contributed by atoms with Gasteiger partial charge in [-0.2, -0.15) is 0 Å². The van der Waals surface area contributed by atoms with E-state index in [1.165, 1.54) is 37.1 Å². The first-order valence-electron chi connectivity index (χ1n) is 11.8. The lowest BCUT2D eigenvalue weighted by Crippen LogP contribution is -2.09. The minimum Gasteiger partial charge on any atom is -0.311 e. The minimum atomic E-state index is 1.14. The molecule has 3 heteroatoms. The molecule has 2 heterocycles. The van der Waals surface area contributed by atoms with Crippen LogP contribution in [0.1, 0.15) is 0 Å². The monoisotopic (exact) mass is 466 g/mol. The molecule has 0 radical (unpaired) electrons. The van der Waals surface area contributed by atoms with Gasteiger partial charge in [-0.25, -0.2) is 0 Å². The summed E-state index contributed by atoms with van der Waals surface area (Å²) in [7, 11) is 0. The van der Waals surface area contributed by atoms with Crippen LogP contribution in [-0.2, 0) is 0 Å². The Morgan fingerprint density at radius 2 is 1.03 bits per heavy atom. The zero-order chi connectivity index (χ0) is 23.2. The van der Waals surface area contributed by atoms with E-state index in [-0.39, 0.29) is 0 Å². The zero-order valence-electron chi connectivity index (χ0n) is 19.0. The van der Waals surface area contributed by atoms with E-state index < -0.39 is 0 Å². The van der Waals surface area contributed by atoms with Crippen LogP contribution in [0.2, 0.25) is 0 Å². The third kappa shape index (κ3) is 3.24. The van der Waals surface area contributed by atoms with Crippen LogP contribution >= 0.6 is 11.3 Å². The van der Waals surface area contributed by atoms with Crippen molar-refractivity contribution in [1.82, 2.24) is 4.40 Å². The Kier molecular flexibility index (Phi) is 4.68. The summed E-state index contributed by atoms with van der Waals surface area (Å²) in [6.07, 6.45) is 0. The molecule has 2 nitrogen and oxygen atoms in total. The maximum atomic E-state index is 2.42. The largest absolute Gasteiger partial charge is 0.311 e. The number of thiazole rings is 1. The molecule has 0 unspecified atom stereocenters. The molecule has 0 amide bonds. The van der Waals surface area contributed by atoms with Crippen molar-refractivity contribution in [2.75, 3.05) is 4.90 Å². The average molecular weight is 467 g/mol. The Labute approximate surface area is 207 Å². The fourth-order valence-electron chi connectivity index (χ4n) is 5.04. The fourth-order valence-corrected chi connectivity index (χ4v) is 6.28. The number of rotatable bonds is 4. The number of nitrogens with zero attached hydrogens (tertiary/aromatic N) is 2. The van der Waals surface area contributed by atoms with E-state index in [2.05, 4.69) is 143 Å². The van der Waals surface area contributed by atoms with Crippen LogP contribution in [0.3, 0.4) is 0 Å². The van der Waals surface area contributed by atoms with Crippen molar-refractivity contribution in [2.45, 2.75) is 0 Å². The average Bonchev–Trinajstić information content (AvgIpc) is 3.45. The van der Waals surface area contributed by atoms with Gasteiger partial charge in [0.15, 0.2) is 0 Å². The lowest BCUT2D eigenvalue weighted by molar-refractivity contribution is 1.28. The molecule has 0 aliphatic carbocycles. The zero-order valence-corrected chi connectivity index (χ0v) is 19.8. The highest BCUT2D eigenvalue weighted by Crippen LogP contribution is 2.43. The summed E-state index contributed by atoms with van der Waals surface area (Å²) >= 11 is 1.87. The van der Waals surface area contributed by atoms with E-state index in [1.807, 2.05) is 11.3 Å². The summed E-state index contributed by atoms with van der Waals surface area (Å²) in [5.41, 5.74) is 8.50. The summed E-state index contributed by atoms with van der Waals surface area (Å²) in [6.45, 7) is 0. The van der Waals surface area contributed by atoms with Gasteiger partial charge in [0, 0.05) is 28.0 Å². The highest BCUT2D eigenvalue weighted by molar-refractivity contribution is 7.24. The smallest absolute Gasteiger partial charge is 0.109 e. The number of para-hydroxylation sites is 4. The molecule has 2 aromatic heterocycles. The van der Waals surface area contributed by atoms with Crippen LogP contribution < -0.4 is 4.90 Å². The molecule has 0 saturated carbocycles. The Morgan fingerprint density at radius 1 is 0.486 bits per heavy atom. The molecule has 7 rings (SSSR count). The van der Waals surface area contributed by atoms with Gasteiger partial charge in [0.2, 0.25) is 0 Å². The number of fused-ring (bicyclic) bond motifs is 5. The van der Waals surface area contributed by atoms with Crippen LogP contribution in [0.4, 0.5) is 17.1 Å². The third-order valence-corrected chi connectivity index (χ3v) is 7.73. The van der Waals surface area contributed by atoms with Crippen LogP contribution in [0.5, 0.6) is 0 Å². The molecular weight excluding hydrogens is 444 g/mol. The first kappa shape index (κ1) is 20.1. The molecular formula is C32H22N2S.